The van der Waals surface area contributed by atoms with Crippen LogP contribution in [0.3, 0.4) is 0 Å². The van der Waals surface area contributed by atoms with Crippen LogP contribution in [-0.2, 0) is 9.53 Å². The Kier molecular flexibility index (Phi) is 4.39. The Labute approximate surface area is 133 Å². The fraction of sp³-hybridized carbons (Fsp3) is 0.611. The number of benzene rings is 1. The maximum Gasteiger partial charge on any atom is 0.251 e. The zero-order chi connectivity index (χ0) is 15.7. The van der Waals surface area contributed by atoms with E-state index in [1.807, 2.05) is 4.90 Å². The number of anilines is 1. The summed E-state index contributed by atoms with van der Waals surface area (Å²) < 4.78 is 5.53. The number of piperazine rings is 1. The molecule has 2 aliphatic heterocycles. The Morgan fingerprint density at radius 1 is 1.09 bits per heavy atom. The summed E-state index contributed by atoms with van der Waals surface area (Å²) in [6.45, 7) is 10.6. The zero-order valence-corrected chi connectivity index (χ0v) is 13.9. The van der Waals surface area contributed by atoms with E-state index in [2.05, 4.69) is 37.8 Å². The van der Waals surface area contributed by atoms with Gasteiger partial charge in [-0.2, -0.15) is 0 Å². The lowest BCUT2D eigenvalue weighted by atomic mass is 10.0. The molecule has 4 heteroatoms. The van der Waals surface area contributed by atoms with Crippen LogP contribution in [0.25, 0.3) is 0 Å². The molecule has 1 aromatic carbocycles. The Morgan fingerprint density at radius 3 is 2.27 bits per heavy atom. The third-order valence-electron chi connectivity index (χ3n) is 4.75. The molecule has 0 N–H and O–H groups in total. The summed E-state index contributed by atoms with van der Waals surface area (Å²) in [4.78, 5) is 16.8. The molecule has 0 aromatic heterocycles. The van der Waals surface area contributed by atoms with Gasteiger partial charge in [-0.1, -0.05) is 17.7 Å². The number of rotatable bonds is 2. The van der Waals surface area contributed by atoms with Crippen molar-refractivity contribution in [2.75, 3.05) is 37.7 Å². The molecular weight excluding hydrogens is 276 g/mol. The van der Waals surface area contributed by atoms with Crippen LogP contribution in [0.5, 0.6) is 0 Å². The molecule has 3 rings (SSSR count). The first-order valence-corrected chi connectivity index (χ1v) is 8.29. The van der Waals surface area contributed by atoms with E-state index in [0.29, 0.717) is 0 Å². The van der Waals surface area contributed by atoms with E-state index in [0.717, 1.165) is 45.6 Å². The van der Waals surface area contributed by atoms with E-state index in [1.165, 1.54) is 22.4 Å². The molecule has 1 amide bonds. The van der Waals surface area contributed by atoms with Gasteiger partial charge in [0, 0.05) is 38.5 Å². The van der Waals surface area contributed by atoms with Gasteiger partial charge < -0.3 is 14.5 Å². The molecule has 0 saturated carbocycles. The largest absolute Gasteiger partial charge is 0.368 e. The third kappa shape index (κ3) is 2.98. The van der Waals surface area contributed by atoms with Crippen molar-refractivity contribution < 1.29 is 9.53 Å². The van der Waals surface area contributed by atoms with Crippen molar-refractivity contribution in [1.29, 1.82) is 0 Å². The van der Waals surface area contributed by atoms with E-state index in [9.17, 15) is 4.79 Å². The molecule has 1 atom stereocenters. The molecule has 2 saturated heterocycles. The maximum absolute atomic E-state index is 12.4. The van der Waals surface area contributed by atoms with Crippen molar-refractivity contribution in [3.63, 3.8) is 0 Å². The van der Waals surface area contributed by atoms with Gasteiger partial charge in [0.15, 0.2) is 0 Å². The van der Waals surface area contributed by atoms with Crippen LogP contribution in [0.4, 0.5) is 5.69 Å². The van der Waals surface area contributed by atoms with Gasteiger partial charge in [-0.25, -0.2) is 0 Å². The number of amides is 1. The molecule has 2 aliphatic rings. The van der Waals surface area contributed by atoms with Crippen LogP contribution in [0.1, 0.15) is 29.5 Å². The Hall–Kier alpha value is -1.55. The summed E-state index contributed by atoms with van der Waals surface area (Å²) >= 11 is 0. The van der Waals surface area contributed by atoms with E-state index >= 15 is 0 Å². The maximum atomic E-state index is 12.4. The predicted molar refractivity (Wildman–Crippen MR) is 88.4 cm³/mol. The van der Waals surface area contributed by atoms with Gasteiger partial charge in [-0.05, 0) is 44.7 Å². The van der Waals surface area contributed by atoms with E-state index < -0.39 is 0 Å². The van der Waals surface area contributed by atoms with Crippen LogP contribution >= 0.6 is 0 Å². The van der Waals surface area contributed by atoms with Gasteiger partial charge in [-0.15, -0.1) is 0 Å². The highest BCUT2D eigenvalue weighted by atomic mass is 16.5. The van der Waals surface area contributed by atoms with Crippen molar-refractivity contribution in [3.05, 3.63) is 28.8 Å². The first-order chi connectivity index (χ1) is 10.6. The number of ether oxygens (including phenoxy) is 1. The summed E-state index contributed by atoms with van der Waals surface area (Å²) in [5, 5.41) is 0. The standard InChI is InChI=1S/C18H26N2O2/c1-13-11-14(2)17(15(3)12-13)19-6-8-20(9-7-19)18(21)16-5-4-10-22-16/h11-12,16H,4-10H2,1-3H3. The molecule has 4 nitrogen and oxygen atoms in total. The summed E-state index contributed by atoms with van der Waals surface area (Å²) in [6.07, 6.45) is 1.71. The van der Waals surface area contributed by atoms with Gasteiger partial charge >= 0.3 is 0 Å². The number of carbonyl (C=O) groups excluding carboxylic acids is 1. The molecule has 0 radical (unpaired) electrons. The lowest BCUT2D eigenvalue weighted by Gasteiger charge is -2.38. The second-order valence-electron chi connectivity index (χ2n) is 6.56. The fourth-order valence-corrected chi connectivity index (χ4v) is 3.80. The molecule has 2 fully saturated rings. The Bertz CT molecular complexity index is 533. The van der Waals surface area contributed by atoms with Gasteiger partial charge in [0.05, 0.1) is 0 Å². The van der Waals surface area contributed by atoms with Crippen LogP contribution in [0.15, 0.2) is 12.1 Å². The van der Waals surface area contributed by atoms with Gasteiger partial charge in [0.25, 0.3) is 5.91 Å². The zero-order valence-electron chi connectivity index (χ0n) is 13.9. The quantitative estimate of drug-likeness (QED) is 0.841. The van der Waals surface area contributed by atoms with Crippen molar-refractivity contribution in [2.45, 2.75) is 39.7 Å². The minimum Gasteiger partial charge on any atom is -0.368 e. The number of carbonyl (C=O) groups is 1. The van der Waals surface area contributed by atoms with Crippen molar-refractivity contribution in [2.24, 2.45) is 0 Å². The molecule has 0 aliphatic carbocycles. The first-order valence-electron chi connectivity index (χ1n) is 8.29. The average Bonchev–Trinajstić information content (AvgIpc) is 3.00. The van der Waals surface area contributed by atoms with Crippen molar-refractivity contribution in [3.8, 4) is 0 Å². The summed E-state index contributed by atoms with van der Waals surface area (Å²) in [7, 11) is 0. The molecule has 22 heavy (non-hydrogen) atoms. The lowest BCUT2D eigenvalue weighted by molar-refractivity contribution is -0.141. The number of hydrogen-bond donors (Lipinski definition) is 0. The third-order valence-corrected chi connectivity index (χ3v) is 4.75. The second-order valence-corrected chi connectivity index (χ2v) is 6.56. The Balaban J connectivity index is 1.65. The average molecular weight is 302 g/mol. The lowest BCUT2D eigenvalue weighted by Crippen LogP contribution is -2.51. The van der Waals surface area contributed by atoms with E-state index in [-0.39, 0.29) is 12.0 Å². The SMILES string of the molecule is Cc1cc(C)c(N2CCN(C(=O)C3CCCO3)CC2)c(C)c1. The number of aryl methyl sites for hydroxylation is 3. The highest BCUT2D eigenvalue weighted by Gasteiger charge is 2.30. The topological polar surface area (TPSA) is 32.8 Å². The minimum absolute atomic E-state index is 0.186. The smallest absolute Gasteiger partial charge is 0.251 e. The van der Waals surface area contributed by atoms with Crippen molar-refractivity contribution >= 4 is 11.6 Å². The molecular formula is C18H26N2O2. The number of nitrogens with zero attached hydrogens (tertiary/aromatic N) is 2. The van der Waals surface area contributed by atoms with Gasteiger partial charge in [0.2, 0.25) is 0 Å². The molecule has 2 heterocycles. The van der Waals surface area contributed by atoms with E-state index in [1.54, 1.807) is 0 Å². The van der Waals surface area contributed by atoms with Crippen LogP contribution in [0, 0.1) is 20.8 Å². The summed E-state index contributed by atoms with van der Waals surface area (Å²) in [5.41, 5.74) is 5.31. The van der Waals surface area contributed by atoms with Crippen LogP contribution in [-0.4, -0.2) is 49.7 Å². The predicted octanol–water partition coefficient (Wildman–Crippen LogP) is 2.44. The normalized spacial score (nSPS) is 22.2. The van der Waals surface area contributed by atoms with Gasteiger partial charge in [-0.3, -0.25) is 4.79 Å². The van der Waals surface area contributed by atoms with E-state index in [4.69, 9.17) is 4.74 Å². The minimum atomic E-state index is -0.186. The molecule has 1 unspecified atom stereocenters. The fourth-order valence-electron chi connectivity index (χ4n) is 3.80. The summed E-state index contributed by atoms with van der Waals surface area (Å²) in [6, 6.07) is 4.48. The molecule has 0 spiro atoms. The van der Waals surface area contributed by atoms with Crippen LogP contribution < -0.4 is 4.90 Å². The van der Waals surface area contributed by atoms with Gasteiger partial charge in [0.1, 0.15) is 6.10 Å². The molecule has 0 bridgehead atoms. The van der Waals surface area contributed by atoms with Crippen molar-refractivity contribution in [1.82, 2.24) is 4.90 Å². The highest BCUT2D eigenvalue weighted by Crippen LogP contribution is 2.27. The Morgan fingerprint density at radius 2 is 1.73 bits per heavy atom. The summed E-state index contributed by atoms with van der Waals surface area (Å²) in [5.74, 6) is 0.189. The molecule has 120 valence electrons. The number of hydrogen-bond acceptors (Lipinski definition) is 3. The molecule has 1 aromatic rings. The second kappa shape index (κ2) is 6.29. The highest BCUT2D eigenvalue weighted by molar-refractivity contribution is 5.81. The van der Waals surface area contributed by atoms with Crippen LogP contribution in [0.2, 0.25) is 0 Å². The first kappa shape index (κ1) is 15.3. The monoisotopic (exact) mass is 302 g/mol.